The minimum atomic E-state index is -1.97. The summed E-state index contributed by atoms with van der Waals surface area (Å²) in [6.45, 7) is 11.2. The Bertz CT molecular complexity index is 1530. The van der Waals surface area contributed by atoms with Gasteiger partial charge < -0.3 is 36.3 Å². The maximum Gasteiger partial charge on any atom is 0.352 e. The molecule has 0 aliphatic carbocycles. The van der Waals surface area contributed by atoms with E-state index in [1.54, 1.807) is 27.7 Å². The van der Waals surface area contributed by atoms with Crippen LogP contribution in [-0.4, -0.2) is 97.6 Å². The third-order valence-corrected chi connectivity index (χ3v) is 9.77. The molecule has 0 saturated carbocycles. The quantitative estimate of drug-likeness (QED) is 0.0992. The average Bonchev–Trinajstić information content (AvgIpc) is 3.03. The second-order valence-corrected chi connectivity index (χ2v) is 15.1. The summed E-state index contributed by atoms with van der Waals surface area (Å²) in [7, 11) is 0. The van der Waals surface area contributed by atoms with E-state index in [0.29, 0.717) is 0 Å². The van der Waals surface area contributed by atoms with Crippen molar-refractivity contribution in [1.29, 1.82) is 0 Å². The van der Waals surface area contributed by atoms with Gasteiger partial charge in [-0.1, -0.05) is 63.3 Å². The van der Waals surface area contributed by atoms with Crippen molar-refractivity contribution in [2.24, 2.45) is 11.7 Å². The van der Waals surface area contributed by atoms with Crippen LogP contribution < -0.4 is 21.7 Å². The lowest BCUT2D eigenvalue weighted by molar-refractivity contribution is -0.162. The highest BCUT2D eigenvalue weighted by molar-refractivity contribution is 8.00. The number of fused-ring (bicyclic) bond motifs is 1. The van der Waals surface area contributed by atoms with Crippen LogP contribution in [-0.2, 0) is 44.7 Å². The summed E-state index contributed by atoms with van der Waals surface area (Å²) in [5.41, 5.74) is 4.06. The summed E-state index contributed by atoms with van der Waals surface area (Å²) < 4.78 is 10.7. The van der Waals surface area contributed by atoms with Crippen LogP contribution in [0.2, 0.25) is 0 Å². The number of thiocarbonyl (C=S) groups is 1. The molecule has 2 aliphatic heterocycles. The molecule has 6 N–H and O–H groups in total. The molecule has 1 aromatic carbocycles. The van der Waals surface area contributed by atoms with Crippen LogP contribution >= 0.6 is 24.0 Å². The van der Waals surface area contributed by atoms with Gasteiger partial charge >= 0.3 is 17.9 Å². The molecule has 274 valence electrons. The van der Waals surface area contributed by atoms with E-state index in [1.165, 1.54) is 18.7 Å². The summed E-state index contributed by atoms with van der Waals surface area (Å²) in [5, 5.41) is 17.6. The minimum Gasteiger partial charge on any atom is -0.477 e. The Kier molecular flexibility index (Phi) is 13.6. The molecular weight excluding hydrogens is 687 g/mol. The molecule has 50 heavy (non-hydrogen) atoms. The number of carboxylic acid groups (broad SMARTS) is 1. The lowest BCUT2D eigenvalue weighted by Crippen LogP contribution is -2.74. The van der Waals surface area contributed by atoms with E-state index >= 15 is 0 Å². The van der Waals surface area contributed by atoms with Crippen LogP contribution in [0.15, 0.2) is 41.6 Å². The Labute approximate surface area is 301 Å². The zero-order valence-electron chi connectivity index (χ0n) is 29.4. The summed E-state index contributed by atoms with van der Waals surface area (Å²) in [6.07, 6.45) is 0.354. The van der Waals surface area contributed by atoms with Crippen LogP contribution in [0.3, 0.4) is 0 Å². The predicted octanol–water partition coefficient (Wildman–Crippen LogP) is 1.80. The van der Waals surface area contributed by atoms with E-state index in [4.69, 9.17) is 27.4 Å². The number of nitrogens with one attached hydrogen (secondary N) is 3. The van der Waals surface area contributed by atoms with Crippen LogP contribution in [0.1, 0.15) is 66.9 Å². The van der Waals surface area contributed by atoms with Gasteiger partial charge in [-0.05, 0) is 51.5 Å². The molecule has 14 nitrogen and oxygen atoms in total. The number of carboxylic acids is 1. The number of thioether (sulfide) groups is 1. The van der Waals surface area contributed by atoms with Gasteiger partial charge in [-0.15, -0.1) is 11.8 Å². The Morgan fingerprint density at radius 2 is 1.76 bits per heavy atom. The highest BCUT2D eigenvalue weighted by atomic mass is 32.2. The van der Waals surface area contributed by atoms with Gasteiger partial charge in [-0.2, -0.15) is 0 Å². The van der Waals surface area contributed by atoms with Gasteiger partial charge in [0.15, 0.2) is 5.54 Å². The molecule has 0 spiro atoms. The standard InChI is InChI=1S/C34H47N5O9S2/c1-8-34(32(46)48-33(5,6)7,38-27(42)23(14-18(2)3)36-26(41)22(35)15-20-12-10-9-11-13-20)31(49)37-24-28(43)39-25(30(44)45)21(16-47-19(4)40)17-50-29(24)39/h9-13,18,22-24,29H,8,14-17,35H2,1-7H3,(H,36,41)(H,37,49)(H,38,42)(H,44,45)/t22-,23-,24+,29-,34?/m0/s1. The lowest BCUT2D eigenvalue weighted by atomic mass is 9.92. The molecule has 1 saturated heterocycles. The number of benzene rings is 1. The number of ether oxygens (including phenoxy) is 2. The van der Waals surface area contributed by atoms with E-state index in [1.807, 2.05) is 44.2 Å². The molecule has 1 fully saturated rings. The average molecular weight is 734 g/mol. The van der Waals surface area contributed by atoms with Crippen LogP contribution in [0.5, 0.6) is 0 Å². The fraction of sp³-hybridized carbons (Fsp3) is 0.559. The molecule has 3 rings (SSSR count). The van der Waals surface area contributed by atoms with Crippen LogP contribution in [0.25, 0.3) is 0 Å². The molecule has 0 bridgehead atoms. The maximum absolute atomic E-state index is 14.0. The molecule has 3 amide bonds. The second-order valence-electron chi connectivity index (χ2n) is 13.6. The molecule has 2 aliphatic rings. The van der Waals surface area contributed by atoms with Gasteiger partial charge in [-0.25, -0.2) is 9.59 Å². The fourth-order valence-electron chi connectivity index (χ4n) is 5.45. The molecule has 1 aromatic rings. The number of nitrogens with zero attached hydrogens (tertiary/aromatic N) is 1. The summed E-state index contributed by atoms with van der Waals surface area (Å²) in [6, 6.07) is 6.09. The number of aliphatic carboxylic acids is 1. The van der Waals surface area contributed by atoms with Crippen molar-refractivity contribution >= 4 is 64.6 Å². The first kappa shape index (κ1) is 40.4. The third-order valence-electron chi connectivity index (χ3n) is 7.96. The van der Waals surface area contributed by atoms with E-state index in [9.17, 15) is 33.9 Å². The van der Waals surface area contributed by atoms with Gasteiger partial charge in [0.05, 0.1) is 6.04 Å². The van der Waals surface area contributed by atoms with Gasteiger partial charge in [0, 0.05) is 18.2 Å². The normalized spacial score (nSPS) is 19.6. The number of carbonyl (C=O) groups excluding carboxylic acids is 5. The van der Waals surface area contributed by atoms with Gasteiger partial charge in [0.25, 0.3) is 5.91 Å². The monoisotopic (exact) mass is 733 g/mol. The lowest BCUT2D eigenvalue weighted by Gasteiger charge is -2.50. The Morgan fingerprint density at radius 1 is 1.12 bits per heavy atom. The molecule has 0 aromatic heterocycles. The molecule has 16 heteroatoms. The van der Waals surface area contributed by atoms with Crippen LogP contribution in [0.4, 0.5) is 0 Å². The Balaban J connectivity index is 1.88. The fourth-order valence-corrected chi connectivity index (χ4v) is 7.18. The number of hydrogen-bond acceptors (Lipinski definition) is 11. The highest BCUT2D eigenvalue weighted by Gasteiger charge is 2.56. The third kappa shape index (κ3) is 9.82. The number of β-lactam (4-membered cyclic amide) rings is 1. The van der Waals surface area contributed by atoms with E-state index < -0.39 is 70.3 Å². The van der Waals surface area contributed by atoms with Crippen LogP contribution in [0, 0.1) is 5.92 Å². The number of carbonyl (C=O) groups is 6. The molecule has 5 atom stereocenters. The Morgan fingerprint density at radius 3 is 2.30 bits per heavy atom. The SMILES string of the molecule is CCC(NC(=O)[C@H](CC(C)C)NC(=O)[C@@H](N)Cc1ccccc1)(C(=O)OC(C)(C)C)C(=S)N[C@@H]1C(=O)N2C(C(=O)O)=C(COC(C)=O)CS[C@@H]12. The van der Waals surface area contributed by atoms with Gasteiger partial charge in [-0.3, -0.25) is 24.1 Å². The Hall–Kier alpha value is -4.02. The van der Waals surface area contributed by atoms with E-state index in [0.717, 1.165) is 10.5 Å². The highest BCUT2D eigenvalue weighted by Crippen LogP contribution is 2.40. The first-order valence-corrected chi connectivity index (χ1v) is 17.8. The molecule has 1 unspecified atom stereocenters. The van der Waals surface area contributed by atoms with Crippen molar-refractivity contribution < 1.29 is 43.3 Å². The van der Waals surface area contributed by atoms with Crippen molar-refractivity contribution in [2.75, 3.05) is 12.4 Å². The van der Waals surface area contributed by atoms with Gasteiger partial charge in [0.1, 0.15) is 40.4 Å². The van der Waals surface area contributed by atoms with E-state index in [2.05, 4.69) is 16.0 Å². The van der Waals surface area contributed by atoms with Crippen molar-refractivity contribution in [3.05, 3.63) is 47.2 Å². The van der Waals surface area contributed by atoms with Crippen molar-refractivity contribution in [1.82, 2.24) is 20.9 Å². The molecule has 2 heterocycles. The summed E-state index contributed by atoms with van der Waals surface area (Å²) >= 11 is 6.97. The number of rotatable bonds is 15. The number of hydrogen-bond donors (Lipinski definition) is 5. The zero-order valence-corrected chi connectivity index (χ0v) is 31.0. The first-order chi connectivity index (χ1) is 23.3. The minimum absolute atomic E-state index is 0.0526. The second kappa shape index (κ2) is 16.8. The maximum atomic E-state index is 14.0. The topological polar surface area (TPSA) is 206 Å². The molecule has 0 radical (unpaired) electrons. The number of amides is 3. The predicted molar refractivity (Wildman–Crippen MR) is 190 cm³/mol. The number of esters is 2. The zero-order chi connectivity index (χ0) is 37.6. The largest absolute Gasteiger partial charge is 0.477 e. The van der Waals surface area contributed by atoms with E-state index in [-0.39, 0.29) is 53.8 Å². The van der Waals surface area contributed by atoms with Crippen molar-refractivity contribution in [3.8, 4) is 0 Å². The summed E-state index contributed by atoms with van der Waals surface area (Å²) in [5.74, 6) is -4.65. The van der Waals surface area contributed by atoms with Crippen molar-refractivity contribution in [3.63, 3.8) is 0 Å². The number of nitrogens with two attached hydrogens (primary N) is 1. The first-order valence-electron chi connectivity index (χ1n) is 16.3. The summed E-state index contributed by atoms with van der Waals surface area (Å²) in [4.78, 5) is 79.0. The smallest absolute Gasteiger partial charge is 0.352 e. The van der Waals surface area contributed by atoms with Gasteiger partial charge in [0.2, 0.25) is 11.8 Å². The molecular formula is C34H47N5O9S2. The van der Waals surface area contributed by atoms with Crippen molar-refractivity contribution in [2.45, 2.75) is 102 Å².